The Bertz CT molecular complexity index is 240. The number of piperidine rings is 1. The van der Waals surface area contributed by atoms with Gasteiger partial charge in [0.25, 0.3) is 0 Å². The number of carbonyl (C=O) groups is 1. The van der Waals surface area contributed by atoms with Crippen LogP contribution in [-0.2, 0) is 9.53 Å². The highest BCUT2D eigenvalue weighted by Crippen LogP contribution is 2.10. The summed E-state index contributed by atoms with van der Waals surface area (Å²) in [5.74, 6) is -0.141. The number of carbonyl (C=O) groups excluding carboxylic acids is 1. The quantitative estimate of drug-likeness (QED) is 0.703. The van der Waals surface area contributed by atoms with Crippen LogP contribution in [0.5, 0.6) is 0 Å². The lowest BCUT2D eigenvalue weighted by Crippen LogP contribution is -2.45. The van der Waals surface area contributed by atoms with Crippen LogP contribution in [0.15, 0.2) is 0 Å². The van der Waals surface area contributed by atoms with Gasteiger partial charge in [-0.1, -0.05) is 20.3 Å². The van der Waals surface area contributed by atoms with Gasteiger partial charge in [0.05, 0.1) is 13.0 Å². The fraction of sp³-hybridized carbons (Fsp3) is 0.929. The van der Waals surface area contributed by atoms with E-state index in [9.17, 15) is 4.79 Å². The fourth-order valence-electron chi connectivity index (χ4n) is 2.63. The molecule has 1 fully saturated rings. The van der Waals surface area contributed by atoms with Crippen molar-refractivity contribution in [2.75, 3.05) is 33.3 Å². The first-order valence-corrected chi connectivity index (χ1v) is 7.21. The summed E-state index contributed by atoms with van der Waals surface area (Å²) >= 11 is 0. The van der Waals surface area contributed by atoms with Crippen LogP contribution in [0, 0.1) is 5.92 Å². The topological polar surface area (TPSA) is 41.6 Å². The van der Waals surface area contributed by atoms with E-state index in [1.807, 2.05) is 6.92 Å². The zero-order chi connectivity index (χ0) is 13.4. The number of esters is 1. The highest BCUT2D eigenvalue weighted by Gasteiger charge is 2.20. The Kier molecular flexibility index (Phi) is 7.28. The molecular formula is C14H28N2O2. The summed E-state index contributed by atoms with van der Waals surface area (Å²) in [5.41, 5.74) is 0. The number of methoxy groups -OCH3 is 1. The van der Waals surface area contributed by atoms with Gasteiger partial charge in [-0.25, -0.2) is 0 Å². The van der Waals surface area contributed by atoms with Crippen LogP contribution in [0.4, 0.5) is 0 Å². The molecule has 0 radical (unpaired) electrons. The van der Waals surface area contributed by atoms with Gasteiger partial charge in [-0.2, -0.15) is 0 Å². The largest absolute Gasteiger partial charge is 0.469 e. The Morgan fingerprint density at radius 2 is 2.28 bits per heavy atom. The molecule has 0 spiro atoms. The zero-order valence-electron chi connectivity index (χ0n) is 12.1. The number of hydrogen-bond acceptors (Lipinski definition) is 4. The molecule has 0 aromatic carbocycles. The molecule has 4 heteroatoms. The van der Waals surface area contributed by atoms with E-state index >= 15 is 0 Å². The summed E-state index contributed by atoms with van der Waals surface area (Å²) in [4.78, 5) is 13.9. The minimum absolute atomic E-state index is 0.0369. The molecule has 1 N–H and O–H groups in total. The minimum Gasteiger partial charge on any atom is -0.469 e. The normalized spacial score (nSPS) is 21.9. The van der Waals surface area contributed by atoms with Gasteiger partial charge in [-0.15, -0.1) is 0 Å². The third kappa shape index (κ3) is 5.36. The first-order chi connectivity index (χ1) is 8.67. The minimum atomic E-state index is -0.104. The summed E-state index contributed by atoms with van der Waals surface area (Å²) < 4.78 is 4.80. The fourth-order valence-corrected chi connectivity index (χ4v) is 2.63. The van der Waals surface area contributed by atoms with Gasteiger partial charge < -0.3 is 15.0 Å². The first-order valence-electron chi connectivity index (χ1n) is 7.21. The van der Waals surface area contributed by atoms with E-state index in [-0.39, 0.29) is 11.9 Å². The van der Waals surface area contributed by atoms with E-state index in [0.717, 1.165) is 32.6 Å². The van der Waals surface area contributed by atoms with Crippen LogP contribution < -0.4 is 5.32 Å². The van der Waals surface area contributed by atoms with Gasteiger partial charge in [0, 0.05) is 19.1 Å². The third-order valence-electron chi connectivity index (χ3n) is 3.57. The zero-order valence-corrected chi connectivity index (χ0v) is 12.1. The molecule has 0 saturated carbocycles. The Morgan fingerprint density at radius 1 is 1.50 bits per heavy atom. The molecule has 4 nitrogen and oxygen atoms in total. The summed E-state index contributed by atoms with van der Waals surface area (Å²) in [7, 11) is 1.46. The van der Waals surface area contributed by atoms with Crippen molar-refractivity contribution in [2.24, 2.45) is 5.92 Å². The van der Waals surface area contributed by atoms with Crippen molar-refractivity contribution in [2.45, 2.75) is 45.6 Å². The monoisotopic (exact) mass is 256 g/mol. The second-order valence-corrected chi connectivity index (χ2v) is 5.33. The molecule has 18 heavy (non-hydrogen) atoms. The number of nitrogens with zero attached hydrogens (tertiary/aromatic N) is 1. The molecule has 1 aliphatic rings. The highest BCUT2D eigenvalue weighted by atomic mass is 16.5. The van der Waals surface area contributed by atoms with Crippen LogP contribution in [0.25, 0.3) is 0 Å². The van der Waals surface area contributed by atoms with Crippen molar-refractivity contribution in [3.63, 3.8) is 0 Å². The van der Waals surface area contributed by atoms with Crippen LogP contribution in [0.2, 0.25) is 0 Å². The van der Waals surface area contributed by atoms with E-state index in [4.69, 9.17) is 4.74 Å². The summed E-state index contributed by atoms with van der Waals surface area (Å²) in [5, 5.41) is 3.57. The Morgan fingerprint density at radius 3 is 2.83 bits per heavy atom. The molecular weight excluding hydrogens is 228 g/mol. The van der Waals surface area contributed by atoms with Crippen molar-refractivity contribution >= 4 is 5.97 Å². The van der Waals surface area contributed by atoms with E-state index in [1.165, 1.54) is 26.4 Å². The van der Waals surface area contributed by atoms with Gasteiger partial charge >= 0.3 is 5.97 Å². The smallest absolute Gasteiger partial charge is 0.309 e. The highest BCUT2D eigenvalue weighted by molar-refractivity contribution is 5.72. The summed E-state index contributed by atoms with van der Waals surface area (Å²) in [6.07, 6.45) is 5.00. The van der Waals surface area contributed by atoms with E-state index < -0.39 is 0 Å². The molecule has 0 aromatic rings. The molecule has 0 aromatic heterocycles. The van der Waals surface area contributed by atoms with Crippen LogP contribution >= 0.6 is 0 Å². The van der Waals surface area contributed by atoms with Crippen molar-refractivity contribution in [1.29, 1.82) is 0 Å². The summed E-state index contributed by atoms with van der Waals surface area (Å²) in [6.45, 7) is 8.18. The van der Waals surface area contributed by atoms with Crippen LogP contribution in [0.3, 0.4) is 0 Å². The first kappa shape index (κ1) is 15.4. The number of ether oxygens (including phenoxy) is 1. The van der Waals surface area contributed by atoms with Crippen molar-refractivity contribution in [3.05, 3.63) is 0 Å². The molecule has 0 aliphatic carbocycles. The van der Waals surface area contributed by atoms with Gasteiger partial charge in [-0.3, -0.25) is 4.79 Å². The Labute approximate surface area is 111 Å². The Balaban J connectivity index is 2.40. The predicted molar refractivity (Wildman–Crippen MR) is 73.6 cm³/mol. The molecule has 1 heterocycles. The standard InChI is InChI=1S/C14H28N2O2/c1-4-9-16(10-12(2)14(17)18-3)11-13-7-5-6-8-15-13/h12-13,15H,4-11H2,1-3H3. The second-order valence-electron chi connectivity index (χ2n) is 5.33. The van der Waals surface area contributed by atoms with Gasteiger partial charge in [0.15, 0.2) is 0 Å². The maximum atomic E-state index is 11.5. The lowest BCUT2D eigenvalue weighted by molar-refractivity contribution is -0.145. The number of rotatable bonds is 7. The van der Waals surface area contributed by atoms with E-state index in [1.54, 1.807) is 0 Å². The van der Waals surface area contributed by atoms with Crippen molar-refractivity contribution in [1.82, 2.24) is 10.2 Å². The van der Waals surface area contributed by atoms with Gasteiger partial charge in [0.1, 0.15) is 0 Å². The SMILES string of the molecule is CCCN(CC1CCCCN1)CC(C)C(=O)OC. The van der Waals surface area contributed by atoms with Gasteiger partial charge in [-0.05, 0) is 32.4 Å². The molecule has 0 amide bonds. The summed E-state index contributed by atoms with van der Waals surface area (Å²) in [6, 6.07) is 0.593. The third-order valence-corrected chi connectivity index (χ3v) is 3.57. The average molecular weight is 256 g/mol. The molecule has 1 aliphatic heterocycles. The number of nitrogens with one attached hydrogen (secondary N) is 1. The molecule has 2 unspecified atom stereocenters. The molecule has 106 valence electrons. The number of hydrogen-bond donors (Lipinski definition) is 1. The van der Waals surface area contributed by atoms with Crippen molar-refractivity contribution in [3.8, 4) is 0 Å². The second kappa shape index (κ2) is 8.48. The van der Waals surface area contributed by atoms with E-state index in [2.05, 4.69) is 17.1 Å². The predicted octanol–water partition coefficient (Wildman–Crippen LogP) is 1.65. The lowest BCUT2D eigenvalue weighted by Gasteiger charge is -2.31. The van der Waals surface area contributed by atoms with E-state index in [0.29, 0.717) is 6.04 Å². The molecule has 0 bridgehead atoms. The molecule has 2 atom stereocenters. The van der Waals surface area contributed by atoms with Crippen molar-refractivity contribution < 1.29 is 9.53 Å². The molecule has 1 rings (SSSR count). The maximum Gasteiger partial charge on any atom is 0.309 e. The van der Waals surface area contributed by atoms with Gasteiger partial charge in [0.2, 0.25) is 0 Å². The Hall–Kier alpha value is -0.610. The average Bonchev–Trinajstić information content (AvgIpc) is 2.39. The van der Waals surface area contributed by atoms with Crippen LogP contribution in [0.1, 0.15) is 39.5 Å². The lowest BCUT2D eigenvalue weighted by atomic mass is 10.0. The maximum absolute atomic E-state index is 11.5. The molecule has 1 saturated heterocycles. The van der Waals surface area contributed by atoms with Crippen LogP contribution in [-0.4, -0.2) is 50.2 Å².